The zero-order valence-electron chi connectivity index (χ0n) is 15.1. The van der Waals surface area contributed by atoms with Gasteiger partial charge >= 0.3 is 6.09 Å². The quantitative estimate of drug-likeness (QED) is 0.855. The third-order valence-corrected chi connectivity index (χ3v) is 4.95. The Hall–Kier alpha value is -2.93. The molecule has 0 spiro atoms. The number of nitrogens with zero attached hydrogens (tertiary/aromatic N) is 1. The van der Waals surface area contributed by atoms with E-state index in [-0.39, 0.29) is 30.9 Å². The molecule has 0 aliphatic carbocycles. The van der Waals surface area contributed by atoms with Gasteiger partial charge in [0.15, 0.2) is 11.6 Å². The van der Waals surface area contributed by atoms with Gasteiger partial charge in [0.2, 0.25) is 0 Å². The molecule has 4 rings (SSSR count). The molecular weight excluding hydrogens is 366 g/mol. The third-order valence-electron chi connectivity index (χ3n) is 4.95. The first-order valence-electron chi connectivity index (χ1n) is 9.11. The fraction of sp³-hybridized carbons (Fsp3) is 0.286. The summed E-state index contributed by atoms with van der Waals surface area (Å²) < 4.78 is 37.5. The third kappa shape index (κ3) is 3.84. The van der Waals surface area contributed by atoms with Crippen LogP contribution in [0.2, 0.25) is 0 Å². The molecule has 5 nitrogen and oxygen atoms in total. The zero-order chi connectivity index (χ0) is 19.5. The van der Waals surface area contributed by atoms with E-state index in [0.29, 0.717) is 13.1 Å². The van der Waals surface area contributed by atoms with Gasteiger partial charge in [-0.25, -0.2) is 13.6 Å². The van der Waals surface area contributed by atoms with Crippen LogP contribution in [-0.4, -0.2) is 36.7 Å². The molecule has 2 aliphatic heterocycles. The van der Waals surface area contributed by atoms with Gasteiger partial charge in [-0.3, -0.25) is 4.90 Å². The molecule has 0 bridgehead atoms. The molecule has 0 radical (unpaired) electrons. The predicted molar refractivity (Wildman–Crippen MR) is 98.5 cm³/mol. The number of hydrogen-bond acceptors (Lipinski definition) is 4. The Labute approximate surface area is 161 Å². The molecule has 7 heteroatoms. The molecule has 2 heterocycles. The average molecular weight is 386 g/mol. The predicted octanol–water partition coefficient (Wildman–Crippen LogP) is 3.47. The molecule has 2 aliphatic rings. The summed E-state index contributed by atoms with van der Waals surface area (Å²) in [4.78, 5) is 14.2. The van der Waals surface area contributed by atoms with Crippen molar-refractivity contribution in [3.05, 3.63) is 77.5 Å². The maximum Gasteiger partial charge on any atom is 0.414 e. The average Bonchev–Trinajstić information content (AvgIpc) is 3.31. The molecule has 1 amide bonds. The Bertz CT molecular complexity index is 888. The van der Waals surface area contributed by atoms with E-state index in [9.17, 15) is 13.6 Å². The van der Waals surface area contributed by atoms with E-state index in [1.807, 2.05) is 36.4 Å². The van der Waals surface area contributed by atoms with E-state index in [0.717, 1.165) is 23.4 Å². The highest BCUT2D eigenvalue weighted by atomic mass is 19.2. The van der Waals surface area contributed by atoms with Crippen molar-refractivity contribution in [2.24, 2.45) is 5.92 Å². The minimum atomic E-state index is -0.949. The Balaban J connectivity index is 1.37. The van der Waals surface area contributed by atoms with E-state index < -0.39 is 17.7 Å². The second-order valence-electron chi connectivity index (χ2n) is 6.81. The van der Waals surface area contributed by atoms with Crippen LogP contribution in [0.5, 0.6) is 5.75 Å². The summed E-state index contributed by atoms with van der Waals surface area (Å²) in [7, 11) is 0. The Morgan fingerprint density at radius 3 is 2.75 bits per heavy atom. The number of carbonyl (C=O) groups is 1. The first-order chi connectivity index (χ1) is 13.6. The van der Waals surface area contributed by atoms with Gasteiger partial charge in [-0.05, 0) is 23.8 Å². The lowest BCUT2D eigenvalue weighted by Gasteiger charge is -2.18. The number of benzene rings is 2. The number of ether oxygens (including phenoxy) is 2. The van der Waals surface area contributed by atoms with Gasteiger partial charge in [0.05, 0.1) is 12.6 Å². The van der Waals surface area contributed by atoms with Crippen LogP contribution < -0.4 is 10.1 Å². The van der Waals surface area contributed by atoms with Gasteiger partial charge in [0.25, 0.3) is 0 Å². The zero-order valence-corrected chi connectivity index (χ0v) is 15.1. The summed E-state index contributed by atoms with van der Waals surface area (Å²) >= 11 is 0. The normalized spacial score (nSPS) is 20.6. The maximum atomic E-state index is 13.3. The molecule has 2 aromatic rings. The van der Waals surface area contributed by atoms with Crippen LogP contribution in [0, 0.1) is 17.6 Å². The minimum absolute atomic E-state index is 0.0221. The van der Waals surface area contributed by atoms with Crippen molar-refractivity contribution in [3.63, 3.8) is 0 Å². The fourth-order valence-corrected chi connectivity index (χ4v) is 3.55. The highest BCUT2D eigenvalue weighted by Crippen LogP contribution is 2.31. The van der Waals surface area contributed by atoms with Crippen LogP contribution in [0.3, 0.4) is 0 Å². The molecule has 0 aromatic heterocycles. The maximum absolute atomic E-state index is 13.3. The summed E-state index contributed by atoms with van der Waals surface area (Å²) in [5.74, 6) is -1.63. The second kappa shape index (κ2) is 7.98. The van der Waals surface area contributed by atoms with Crippen LogP contribution in [-0.2, 0) is 11.3 Å². The van der Waals surface area contributed by atoms with Crippen molar-refractivity contribution >= 4 is 6.09 Å². The molecule has 1 saturated heterocycles. The number of likely N-dealkylation sites (tertiary alicyclic amines) is 1. The number of fused-ring (bicyclic) bond motifs is 1. The van der Waals surface area contributed by atoms with Gasteiger partial charge in [0.1, 0.15) is 12.4 Å². The molecule has 0 saturated carbocycles. The molecule has 146 valence electrons. The first-order valence-corrected chi connectivity index (χ1v) is 9.11. The lowest BCUT2D eigenvalue weighted by Crippen LogP contribution is -2.33. The monoisotopic (exact) mass is 386 g/mol. The smallest absolute Gasteiger partial charge is 0.414 e. The van der Waals surface area contributed by atoms with Crippen LogP contribution in [0.1, 0.15) is 5.56 Å². The lowest BCUT2D eigenvalue weighted by molar-refractivity contribution is 0.108. The second-order valence-corrected chi connectivity index (χ2v) is 6.81. The Morgan fingerprint density at radius 2 is 1.96 bits per heavy atom. The molecule has 1 N–H and O–H groups in total. The van der Waals surface area contributed by atoms with Crippen molar-refractivity contribution in [2.45, 2.75) is 12.6 Å². The summed E-state index contributed by atoms with van der Waals surface area (Å²) in [6.45, 7) is 1.56. The summed E-state index contributed by atoms with van der Waals surface area (Å²) in [6, 6.07) is 12.9. The van der Waals surface area contributed by atoms with E-state index in [1.54, 1.807) is 4.90 Å². The summed E-state index contributed by atoms with van der Waals surface area (Å²) in [5, 5.41) is 3.33. The Kier molecular flexibility index (Phi) is 5.25. The number of carbonyl (C=O) groups excluding carboxylic acids is 1. The van der Waals surface area contributed by atoms with Crippen LogP contribution >= 0.6 is 0 Å². The number of amides is 1. The fourth-order valence-electron chi connectivity index (χ4n) is 3.55. The first kappa shape index (κ1) is 18.4. The molecule has 28 heavy (non-hydrogen) atoms. The SMILES string of the molecule is O=C(OCc1ccccc1)N1CC(COc2ccc(F)c(F)c2)C2NCC=C21. The number of hydrogen-bond donors (Lipinski definition) is 1. The van der Waals surface area contributed by atoms with E-state index in [1.165, 1.54) is 6.07 Å². The highest BCUT2D eigenvalue weighted by Gasteiger charge is 2.42. The standard InChI is InChI=1S/C21H20F2N2O3/c22-17-7-6-16(10-18(17)23)27-13-15-11-25(19-8-9-24-20(15)19)21(26)28-12-14-4-2-1-3-5-14/h1-8,10,15,20,24H,9,11-13H2. The van der Waals surface area contributed by atoms with Crippen LogP contribution in [0.4, 0.5) is 13.6 Å². The van der Waals surface area contributed by atoms with Gasteiger partial charge in [0, 0.05) is 30.8 Å². The highest BCUT2D eigenvalue weighted by molar-refractivity contribution is 5.71. The number of nitrogens with one attached hydrogen (secondary N) is 1. The van der Waals surface area contributed by atoms with E-state index in [2.05, 4.69) is 5.32 Å². The Morgan fingerprint density at radius 1 is 1.14 bits per heavy atom. The van der Waals surface area contributed by atoms with Gasteiger partial charge in [-0.2, -0.15) is 0 Å². The minimum Gasteiger partial charge on any atom is -0.493 e. The van der Waals surface area contributed by atoms with Crippen molar-refractivity contribution in [1.82, 2.24) is 10.2 Å². The molecule has 2 unspecified atom stereocenters. The molecule has 2 aromatic carbocycles. The summed E-state index contributed by atoms with van der Waals surface area (Å²) in [6.07, 6.45) is 1.56. The van der Waals surface area contributed by atoms with Crippen LogP contribution in [0.15, 0.2) is 60.3 Å². The van der Waals surface area contributed by atoms with Gasteiger partial charge in [-0.15, -0.1) is 0 Å². The molecular formula is C21H20F2N2O3. The number of halogens is 2. The van der Waals surface area contributed by atoms with Crippen molar-refractivity contribution < 1.29 is 23.0 Å². The van der Waals surface area contributed by atoms with E-state index >= 15 is 0 Å². The lowest BCUT2D eigenvalue weighted by atomic mass is 10.0. The summed E-state index contributed by atoms with van der Waals surface area (Å²) in [5.41, 5.74) is 1.79. The van der Waals surface area contributed by atoms with Crippen molar-refractivity contribution in [2.75, 3.05) is 19.7 Å². The van der Waals surface area contributed by atoms with Crippen LogP contribution in [0.25, 0.3) is 0 Å². The number of rotatable bonds is 5. The molecule has 2 atom stereocenters. The topological polar surface area (TPSA) is 50.8 Å². The van der Waals surface area contributed by atoms with E-state index in [4.69, 9.17) is 9.47 Å². The molecule has 1 fully saturated rings. The van der Waals surface area contributed by atoms with Gasteiger partial charge < -0.3 is 14.8 Å². The van der Waals surface area contributed by atoms with Crippen molar-refractivity contribution in [3.8, 4) is 5.75 Å². The largest absolute Gasteiger partial charge is 0.493 e. The van der Waals surface area contributed by atoms with Crippen molar-refractivity contribution in [1.29, 1.82) is 0 Å². The van der Waals surface area contributed by atoms with Gasteiger partial charge in [-0.1, -0.05) is 30.3 Å².